The molecule has 6 nitrogen and oxygen atoms in total. The highest BCUT2D eigenvalue weighted by Crippen LogP contribution is 2.33. The second kappa shape index (κ2) is 5.15. The number of amides is 1. The number of nitro benzene ring substituents is 1. The van der Waals surface area contributed by atoms with Gasteiger partial charge >= 0.3 is 0 Å². The van der Waals surface area contributed by atoms with Gasteiger partial charge in [-0.2, -0.15) is 0 Å². The number of carbonyl (C=O) groups excluding carboxylic acids is 1. The van der Waals surface area contributed by atoms with Crippen molar-refractivity contribution in [2.24, 2.45) is 0 Å². The van der Waals surface area contributed by atoms with Crippen molar-refractivity contribution in [2.45, 2.75) is 6.92 Å². The molecule has 0 radical (unpaired) electrons. The Morgan fingerprint density at radius 2 is 2.11 bits per heavy atom. The molecule has 1 heterocycles. The molecule has 0 unspecified atom stereocenters. The number of benzene rings is 1. The average molecular weight is 277 g/mol. The molecule has 2 rings (SSSR count). The van der Waals surface area contributed by atoms with Crippen molar-refractivity contribution in [3.8, 4) is 10.6 Å². The van der Waals surface area contributed by atoms with Gasteiger partial charge in [0.05, 0.1) is 16.2 Å². The van der Waals surface area contributed by atoms with Gasteiger partial charge in [0.15, 0.2) is 0 Å². The first-order chi connectivity index (χ1) is 9.04. The molecule has 0 atom stereocenters. The molecule has 0 saturated heterocycles. The van der Waals surface area contributed by atoms with Crippen LogP contribution in [0.15, 0.2) is 24.3 Å². The number of aromatic nitrogens is 1. The Balaban J connectivity index is 2.55. The van der Waals surface area contributed by atoms with Crippen LogP contribution in [0.25, 0.3) is 10.6 Å². The van der Waals surface area contributed by atoms with Crippen molar-refractivity contribution in [2.75, 3.05) is 7.05 Å². The summed E-state index contributed by atoms with van der Waals surface area (Å²) in [6.07, 6.45) is 0. The minimum atomic E-state index is -0.453. The normalized spacial score (nSPS) is 10.2. The Morgan fingerprint density at radius 3 is 2.74 bits per heavy atom. The van der Waals surface area contributed by atoms with Crippen LogP contribution < -0.4 is 5.32 Å². The fraction of sp³-hybridized carbons (Fsp3) is 0.167. The van der Waals surface area contributed by atoms with Crippen molar-refractivity contribution < 1.29 is 9.72 Å². The van der Waals surface area contributed by atoms with Gasteiger partial charge in [0, 0.05) is 13.1 Å². The van der Waals surface area contributed by atoms with E-state index < -0.39 is 4.92 Å². The van der Waals surface area contributed by atoms with E-state index in [0.717, 1.165) is 11.3 Å². The van der Waals surface area contributed by atoms with E-state index in [0.29, 0.717) is 21.1 Å². The molecule has 98 valence electrons. The van der Waals surface area contributed by atoms with E-state index in [-0.39, 0.29) is 11.6 Å². The summed E-state index contributed by atoms with van der Waals surface area (Å²) in [6, 6.07) is 6.36. The predicted octanol–water partition coefficient (Wildman–Crippen LogP) is 2.39. The molecule has 1 aromatic heterocycles. The van der Waals surface area contributed by atoms with Gasteiger partial charge in [-0.1, -0.05) is 12.1 Å². The third kappa shape index (κ3) is 2.45. The van der Waals surface area contributed by atoms with Gasteiger partial charge in [-0.25, -0.2) is 4.98 Å². The first-order valence-electron chi connectivity index (χ1n) is 5.48. The molecule has 1 amide bonds. The zero-order valence-corrected chi connectivity index (χ0v) is 11.2. The van der Waals surface area contributed by atoms with Crippen LogP contribution in [0, 0.1) is 17.0 Å². The van der Waals surface area contributed by atoms with Crippen LogP contribution in [0.5, 0.6) is 0 Å². The Kier molecular flexibility index (Phi) is 3.57. The quantitative estimate of drug-likeness (QED) is 0.689. The third-order valence-electron chi connectivity index (χ3n) is 2.56. The van der Waals surface area contributed by atoms with E-state index in [9.17, 15) is 14.9 Å². The monoisotopic (exact) mass is 277 g/mol. The molecule has 0 saturated carbocycles. The van der Waals surface area contributed by atoms with E-state index in [2.05, 4.69) is 10.3 Å². The smallest absolute Gasteiger partial charge is 0.279 e. The van der Waals surface area contributed by atoms with Crippen LogP contribution in [-0.2, 0) is 0 Å². The molecular formula is C12H11N3O3S. The molecule has 0 aliphatic heterocycles. The number of para-hydroxylation sites is 1. The van der Waals surface area contributed by atoms with Crippen LogP contribution >= 0.6 is 11.3 Å². The molecule has 19 heavy (non-hydrogen) atoms. The number of aryl methyl sites for hydroxylation is 1. The SMILES string of the molecule is CNC(=O)c1sc(-c2ccccc2[N+](=O)[O-])nc1C. The summed E-state index contributed by atoms with van der Waals surface area (Å²) in [4.78, 5) is 26.9. The highest BCUT2D eigenvalue weighted by molar-refractivity contribution is 7.17. The Morgan fingerprint density at radius 1 is 1.42 bits per heavy atom. The van der Waals surface area contributed by atoms with Crippen molar-refractivity contribution in [1.82, 2.24) is 10.3 Å². The van der Waals surface area contributed by atoms with Crippen molar-refractivity contribution in [3.05, 3.63) is 45.0 Å². The van der Waals surface area contributed by atoms with E-state index in [1.165, 1.54) is 13.1 Å². The van der Waals surface area contributed by atoms with Crippen molar-refractivity contribution in [3.63, 3.8) is 0 Å². The first kappa shape index (κ1) is 13.2. The predicted molar refractivity (Wildman–Crippen MR) is 72.3 cm³/mol. The lowest BCUT2D eigenvalue weighted by Crippen LogP contribution is -2.17. The van der Waals surface area contributed by atoms with E-state index in [1.54, 1.807) is 25.1 Å². The molecule has 1 aromatic carbocycles. The maximum atomic E-state index is 11.6. The summed E-state index contributed by atoms with van der Waals surface area (Å²) in [7, 11) is 1.53. The standard InChI is InChI=1S/C12H11N3O3S/c1-7-10(11(16)13-2)19-12(14-7)8-5-3-4-6-9(8)15(17)18/h3-6H,1-2H3,(H,13,16). The fourth-order valence-corrected chi connectivity index (χ4v) is 2.70. The summed E-state index contributed by atoms with van der Waals surface area (Å²) < 4.78 is 0. The number of nitro groups is 1. The number of hydrogen-bond donors (Lipinski definition) is 1. The van der Waals surface area contributed by atoms with Crippen molar-refractivity contribution in [1.29, 1.82) is 0 Å². The number of carbonyl (C=O) groups is 1. The van der Waals surface area contributed by atoms with Crippen LogP contribution in [0.4, 0.5) is 5.69 Å². The molecule has 7 heteroatoms. The van der Waals surface area contributed by atoms with Crippen LogP contribution in [-0.4, -0.2) is 22.9 Å². The summed E-state index contributed by atoms with van der Waals surface area (Å²) >= 11 is 1.15. The lowest BCUT2D eigenvalue weighted by molar-refractivity contribution is -0.384. The molecule has 0 fully saturated rings. The number of rotatable bonds is 3. The lowest BCUT2D eigenvalue weighted by Gasteiger charge is -1.97. The fourth-order valence-electron chi connectivity index (χ4n) is 1.65. The van der Waals surface area contributed by atoms with Crippen LogP contribution in [0.1, 0.15) is 15.4 Å². The maximum Gasteiger partial charge on any atom is 0.279 e. The number of thiazole rings is 1. The lowest BCUT2D eigenvalue weighted by atomic mass is 10.2. The van der Waals surface area contributed by atoms with Gasteiger partial charge in [-0.3, -0.25) is 14.9 Å². The molecule has 0 aliphatic carbocycles. The zero-order valence-electron chi connectivity index (χ0n) is 10.3. The van der Waals surface area contributed by atoms with Gasteiger partial charge in [0.25, 0.3) is 11.6 Å². The largest absolute Gasteiger partial charge is 0.354 e. The second-order valence-corrected chi connectivity index (χ2v) is 4.79. The van der Waals surface area contributed by atoms with E-state index in [1.807, 2.05) is 0 Å². The summed E-state index contributed by atoms with van der Waals surface area (Å²) in [5, 5.41) is 14.0. The Bertz CT molecular complexity index is 651. The van der Waals surface area contributed by atoms with Gasteiger partial charge in [0.1, 0.15) is 9.88 Å². The molecule has 0 aliphatic rings. The number of nitrogens with zero attached hydrogens (tertiary/aromatic N) is 2. The van der Waals surface area contributed by atoms with E-state index >= 15 is 0 Å². The van der Waals surface area contributed by atoms with Crippen molar-refractivity contribution >= 4 is 22.9 Å². The van der Waals surface area contributed by atoms with Crippen LogP contribution in [0.3, 0.4) is 0 Å². The minimum Gasteiger partial charge on any atom is -0.354 e. The average Bonchev–Trinajstić information content (AvgIpc) is 2.79. The highest BCUT2D eigenvalue weighted by Gasteiger charge is 2.20. The van der Waals surface area contributed by atoms with Gasteiger partial charge in [-0.05, 0) is 13.0 Å². The summed E-state index contributed by atoms with van der Waals surface area (Å²) in [6.45, 7) is 1.71. The molecule has 0 bridgehead atoms. The van der Waals surface area contributed by atoms with Gasteiger partial charge in [-0.15, -0.1) is 11.3 Å². The summed E-state index contributed by atoms with van der Waals surface area (Å²) in [5.41, 5.74) is 0.980. The maximum absolute atomic E-state index is 11.6. The molecule has 1 N–H and O–H groups in total. The highest BCUT2D eigenvalue weighted by atomic mass is 32.1. The van der Waals surface area contributed by atoms with Gasteiger partial charge < -0.3 is 5.32 Å². The molecule has 2 aromatic rings. The first-order valence-corrected chi connectivity index (χ1v) is 6.29. The van der Waals surface area contributed by atoms with Crippen LogP contribution in [0.2, 0.25) is 0 Å². The Hall–Kier alpha value is -2.28. The minimum absolute atomic E-state index is 0.0142. The number of hydrogen-bond acceptors (Lipinski definition) is 5. The number of nitrogens with one attached hydrogen (secondary N) is 1. The summed E-state index contributed by atoms with van der Waals surface area (Å²) in [5.74, 6) is -0.236. The Labute approximate surface area is 113 Å². The topological polar surface area (TPSA) is 85.1 Å². The molecular weight excluding hydrogens is 266 g/mol. The van der Waals surface area contributed by atoms with E-state index in [4.69, 9.17) is 0 Å². The third-order valence-corrected chi connectivity index (χ3v) is 3.75. The molecule has 0 spiro atoms. The van der Waals surface area contributed by atoms with Gasteiger partial charge in [0.2, 0.25) is 0 Å². The zero-order chi connectivity index (χ0) is 14.0. The second-order valence-electron chi connectivity index (χ2n) is 3.79.